The van der Waals surface area contributed by atoms with Gasteiger partial charge in [0.2, 0.25) is 0 Å². The van der Waals surface area contributed by atoms with E-state index in [1.54, 1.807) is 4.90 Å². The first-order chi connectivity index (χ1) is 10.6. The fourth-order valence-electron chi connectivity index (χ4n) is 2.41. The average Bonchev–Trinajstić information content (AvgIpc) is 2.73. The Morgan fingerprint density at radius 1 is 1.55 bits per heavy atom. The van der Waals surface area contributed by atoms with Gasteiger partial charge in [-0.25, -0.2) is 4.79 Å². The molecule has 0 aliphatic carbocycles. The van der Waals surface area contributed by atoms with Crippen molar-refractivity contribution in [3.63, 3.8) is 0 Å². The first kappa shape index (κ1) is 17.6. The Kier molecular flexibility index (Phi) is 6.99. The molecule has 1 aliphatic rings. The van der Waals surface area contributed by atoms with Crippen molar-refractivity contribution in [1.29, 1.82) is 0 Å². The van der Waals surface area contributed by atoms with E-state index < -0.39 is 0 Å². The smallest absolute Gasteiger partial charge is 0.410 e. The number of rotatable bonds is 4. The summed E-state index contributed by atoms with van der Waals surface area (Å²) in [6.45, 7) is 4.21. The summed E-state index contributed by atoms with van der Waals surface area (Å²) < 4.78 is 11.9. The zero-order valence-electron chi connectivity index (χ0n) is 12.7. The molecule has 1 aliphatic heterocycles. The third kappa shape index (κ3) is 4.61. The topological polar surface area (TPSA) is 38.8 Å². The number of hydrogen-bond acceptors (Lipinski definition) is 3. The van der Waals surface area contributed by atoms with E-state index in [-0.39, 0.29) is 12.1 Å². The molecule has 122 valence electrons. The van der Waals surface area contributed by atoms with E-state index in [2.05, 4.69) is 22.9 Å². The van der Waals surface area contributed by atoms with Crippen molar-refractivity contribution in [2.24, 2.45) is 0 Å². The van der Waals surface area contributed by atoms with Crippen LogP contribution in [0.3, 0.4) is 0 Å². The summed E-state index contributed by atoms with van der Waals surface area (Å²) in [5.74, 6) is 0. The van der Waals surface area contributed by atoms with Crippen molar-refractivity contribution in [2.75, 3.05) is 26.4 Å². The predicted octanol–water partition coefficient (Wildman–Crippen LogP) is 4.80. The molecule has 1 heterocycles. The lowest BCUT2D eigenvalue weighted by molar-refractivity contribution is 0.0685. The fourth-order valence-corrected chi connectivity index (χ4v) is 3.21. The first-order valence-corrected chi connectivity index (χ1v) is 8.76. The molecule has 2 rings (SSSR count). The SMILES string of the molecule is CCCCOC(=O)N1CCCOCC1c1ccc(Br)cc1Cl. The third-order valence-electron chi connectivity index (χ3n) is 3.62. The van der Waals surface area contributed by atoms with E-state index in [4.69, 9.17) is 21.1 Å². The van der Waals surface area contributed by atoms with Gasteiger partial charge in [-0.05, 0) is 30.5 Å². The minimum Gasteiger partial charge on any atom is -0.449 e. The monoisotopic (exact) mass is 389 g/mol. The van der Waals surface area contributed by atoms with Gasteiger partial charge >= 0.3 is 6.09 Å². The Labute approximate surface area is 144 Å². The van der Waals surface area contributed by atoms with E-state index >= 15 is 0 Å². The van der Waals surface area contributed by atoms with Crippen LogP contribution in [-0.4, -0.2) is 37.4 Å². The molecule has 6 heteroatoms. The largest absolute Gasteiger partial charge is 0.449 e. The quantitative estimate of drug-likeness (QED) is 0.693. The summed E-state index contributed by atoms with van der Waals surface area (Å²) >= 11 is 9.75. The molecular weight excluding hydrogens is 370 g/mol. The molecule has 1 saturated heterocycles. The van der Waals surface area contributed by atoms with Gasteiger partial charge in [0.15, 0.2) is 0 Å². The van der Waals surface area contributed by atoms with Gasteiger partial charge in [0.25, 0.3) is 0 Å². The molecule has 0 saturated carbocycles. The maximum Gasteiger partial charge on any atom is 0.410 e. The standard InChI is InChI=1S/C16H21BrClNO3/c1-2-3-9-22-16(20)19-7-4-8-21-11-15(19)13-6-5-12(17)10-14(13)18/h5-6,10,15H,2-4,7-9,11H2,1H3. The lowest BCUT2D eigenvalue weighted by atomic mass is 10.1. The second-order valence-corrected chi connectivity index (χ2v) is 6.59. The molecular formula is C16H21BrClNO3. The normalized spacial score (nSPS) is 18.9. The van der Waals surface area contributed by atoms with Gasteiger partial charge in [0.05, 0.1) is 19.3 Å². The first-order valence-electron chi connectivity index (χ1n) is 7.59. The van der Waals surface area contributed by atoms with E-state index in [0.717, 1.165) is 29.3 Å². The van der Waals surface area contributed by atoms with Gasteiger partial charge in [-0.15, -0.1) is 0 Å². The molecule has 4 nitrogen and oxygen atoms in total. The fraction of sp³-hybridized carbons (Fsp3) is 0.562. The zero-order chi connectivity index (χ0) is 15.9. The zero-order valence-corrected chi connectivity index (χ0v) is 15.0. The van der Waals surface area contributed by atoms with Crippen molar-refractivity contribution in [3.8, 4) is 0 Å². The lowest BCUT2D eigenvalue weighted by Crippen LogP contribution is -2.37. The summed E-state index contributed by atoms with van der Waals surface area (Å²) in [6, 6.07) is 5.48. The number of carbonyl (C=O) groups is 1. The molecule has 1 aromatic rings. The Morgan fingerprint density at radius 3 is 3.09 bits per heavy atom. The Bertz CT molecular complexity index is 512. The van der Waals surface area contributed by atoms with E-state index in [1.165, 1.54) is 0 Å². The van der Waals surface area contributed by atoms with Crippen LogP contribution < -0.4 is 0 Å². The summed E-state index contributed by atoms with van der Waals surface area (Å²) in [5.41, 5.74) is 0.888. The highest BCUT2D eigenvalue weighted by molar-refractivity contribution is 9.10. The molecule has 0 bridgehead atoms. The van der Waals surface area contributed by atoms with Crippen LogP contribution >= 0.6 is 27.5 Å². The maximum absolute atomic E-state index is 12.4. The van der Waals surface area contributed by atoms with Gasteiger partial charge in [-0.2, -0.15) is 0 Å². The molecule has 0 aromatic heterocycles. The van der Waals surface area contributed by atoms with Crippen molar-refractivity contribution in [1.82, 2.24) is 4.90 Å². The molecule has 1 atom stereocenters. The number of carbonyl (C=O) groups excluding carboxylic acids is 1. The van der Waals surface area contributed by atoms with Crippen LogP contribution in [0.25, 0.3) is 0 Å². The van der Waals surface area contributed by atoms with Crippen LogP contribution in [0.1, 0.15) is 37.8 Å². The number of unbranched alkanes of at least 4 members (excludes halogenated alkanes) is 1. The number of ether oxygens (including phenoxy) is 2. The minimum atomic E-state index is -0.289. The number of amides is 1. The van der Waals surface area contributed by atoms with E-state index in [9.17, 15) is 4.79 Å². The summed E-state index contributed by atoms with van der Waals surface area (Å²) in [5, 5.41) is 0.622. The van der Waals surface area contributed by atoms with E-state index in [0.29, 0.717) is 31.4 Å². The second kappa shape index (κ2) is 8.75. The molecule has 22 heavy (non-hydrogen) atoms. The second-order valence-electron chi connectivity index (χ2n) is 5.27. The Balaban J connectivity index is 2.18. The summed E-state index contributed by atoms with van der Waals surface area (Å²) in [7, 11) is 0. The third-order valence-corrected chi connectivity index (χ3v) is 4.44. The highest BCUT2D eigenvalue weighted by Gasteiger charge is 2.29. The predicted molar refractivity (Wildman–Crippen MR) is 90.3 cm³/mol. The molecule has 1 unspecified atom stereocenters. The Hall–Kier alpha value is -0.780. The Morgan fingerprint density at radius 2 is 2.36 bits per heavy atom. The summed E-state index contributed by atoms with van der Waals surface area (Å²) in [6.07, 6.45) is 2.38. The highest BCUT2D eigenvalue weighted by Crippen LogP contribution is 2.32. The van der Waals surface area contributed by atoms with Gasteiger partial charge in [0.1, 0.15) is 0 Å². The molecule has 0 N–H and O–H groups in total. The average molecular weight is 391 g/mol. The number of halogens is 2. The van der Waals surface area contributed by atoms with Gasteiger partial charge in [0, 0.05) is 22.6 Å². The molecule has 1 aromatic carbocycles. The molecule has 0 radical (unpaired) electrons. The summed E-state index contributed by atoms with van der Waals surface area (Å²) in [4.78, 5) is 14.1. The van der Waals surface area contributed by atoms with Gasteiger partial charge in [-0.1, -0.05) is 46.9 Å². The van der Waals surface area contributed by atoms with Crippen LogP contribution in [0, 0.1) is 0 Å². The number of nitrogens with zero attached hydrogens (tertiary/aromatic N) is 1. The molecule has 0 spiro atoms. The van der Waals surface area contributed by atoms with Gasteiger partial charge < -0.3 is 9.47 Å². The van der Waals surface area contributed by atoms with Gasteiger partial charge in [-0.3, -0.25) is 4.90 Å². The van der Waals surface area contributed by atoms with Crippen molar-refractivity contribution < 1.29 is 14.3 Å². The van der Waals surface area contributed by atoms with Crippen LogP contribution in [0.5, 0.6) is 0 Å². The number of hydrogen-bond donors (Lipinski definition) is 0. The minimum absolute atomic E-state index is 0.211. The molecule has 1 fully saturated rings. The highest BCUT2D eigenvalue weighted by atomic mass is 79.9. The molecule has 1 amide bonds. The van der Waals surface area contributed by atoms with E-state index in [1.807, 2.05) is 18.2 Å². The lowest BCUT2D eigenvalue weighted by Gasteiger charge is -2.29. The van der Waals surface area contributed by atoms with Crippen LogP contribution in [0.15, 0.2) is 22.7 Å². The van der Waals surface area contributed by atoms with Crippen LogP contribution in [0.4, 0.5) is 4.79 Å². The number of benzene rings is 1. The van der Waals surface area contributed by atoms with Crippen LogP contribution in [0.2, 0.25) is 5.02 Å². The van der Waals surface area contributed by atoms with Crippen molar-refractivity contribution in [3.05, 3.63) is 33.3 Å². The van der Waals surface area contributed by atoms with Crippen LogP contribution in [-0.2, 0) is 9.47 Å². The van der Waals surface area contributed by atoms with Crippen molar-refractivity contribution >= 4 is 33.6 Å². The maximum atomic E-state index is 12.4. The van der Waals surface area contributed by atoms with Crippen molar-refractivity contribution in [2.45, 2.75) is 32.2 Å².